The average Bonchev–Trinajstić information content (AvgIpc) is 2.78. The van der Waals surface area contributed by atoms with Crippen LogP contribution in [0.3, 0.4) is 0 Å². The first kappa shape index (κ1) is 15.4. The number of hydrogen-bond acceptors (Lipinski definition) is 2. The van der Waals surface area contributed by atoms with Gasteiger partial charge < -0.3 is 10.3 Å². The summed E-state index contributed by atoms with van der Waals surface area (Å²) >= 11 is 9.65. The number of hydrogen-bond donors (Lipinski definition) is 2. The monoisotopic (exact) mass is 355 g/mol. The Labute approximate surface area is 133 Å². The van der Waals surface area contributed by atoms with Crippen LogP contribution in [0.5, 0.6) is 0 Å². The summed E-state index contributed by atoms with van der Waals surface area (Å²) in [5, 5.41) is 3.96. The summed E-state index contributed by atoms with van der Waals surface area (Å²) in [4.78, 5) is 7.66. The third-order valence-corrected chi connectivity index (χ3v) is 4.01. The van der Waals surface area contributed by atoms with E-state index in [1.807, 2.05) is 6.07 Å². The summed E-state index contributed by atoms with van der Waals surface area (Å²) < 4.78 is 1.06. The van der Waals surface area contributed by atoms with Gasteiger partial charge in [-0.05, 0) is 31.0 Å². The zero-order valence-corrected chi connectivity index (χ0v) is 14.1. The number of aromatic nitrogens is 2. The number of nitrogens with one attached hydrogen (secondary N) is 2. The maximum Gasteiger partial charge on any atom is 0.152 e. The van der Waals surface area contributed by atoms with Crippen LogP contribution in [0, 0.1) is 6.92 Å². The van der Waals surface area contributed by atoms with Crippen molar-refractivity contribution in [2.45, 2.75) is 39.7 Å². The van der Waals surface area contributed by atoms with E-state index in [9.17, 15) is 0 Å². The molecule has 2 N–H and O–H groups in total. The first-order valence-electron chi connectivity index (χ1n) is 6.83. The summed E-state index contributed by atoms with van der Waals surface area (Å²) in [5.41, 5.74) is 3.24. The molecule has 0 saturated carbocycles. The number of benzene rings is 1. The quantitative estimate of drug-likeness (QED) is 0.757. The largest absolute Gasteiger partial charge is 0.379 e. The lowest BCUT2D eigenvalue weighted by molar-refractivity contribution is 0.760. The van der Waals surface area contributed by atoms with Crippen LogP contribution in [-0.4, -0.2) is 9.97 Å². The van der Waals surface area contributed by atoms with Crippen LogP contribution in [0.15, 0.2) is 22.7 Å². The Balaban J connectivity index is 2.03. The molecule has 1 heterocycles. The number of nitrogens with zero attached hydrogens (tertiary/aromatic N) is 1. The number of halogens is 2. The highest BCUT2D eigenvalue weighted by Crippen LogP contribution is 2.22. The highest BCUT2D eigenvalue weighted by Gasteiger charge is 2.08. The summed E-state index contributed by atoms with van der Waals surface area (Å²) in [6, 6.07) is 6.18. The molecule has 0 spiro atoms. The molecular formula is C15H19BrClN3. The zero-order valence-electron chi connectivity index (χ0n) is 11.8. The third-order valence-electron chi connectivity index (χ3n) is 3.20. The van der Waals surface area contributed by atoms with Crippen LogP contribution in [0.1, 0.15) is 36.8 Å². The van der Waals surface area contributed by atoms with Crippen molar-refractivity contribution in [3.8, 4) is 0 Å². The van der Waals surface area contributed by atoms with E-state index in [2.05, 4.69) is 57.2 Å². The van der Waals surface area contributed by atoms with Gasteiger partial charge >= 0.3 is 0 Å². The molecule has 5 heteroatoms. The number of aromatic amines is 1. The first-order valence-corrected chi connectivity index (χ1v) is 8.00. The Morgan fingerprint density at radius 2 is 2.20 bits per heavy atom. The molecule has 0 atom stereocenters. The Morgan fingerprint density at radius 1 is 1.40 bits per heavy atom. The predicted molar refractivity (Wildman–Crippen MR) is 88.4 cm³/mol. The van der Waals surface area contributed by atoms with Gasteiger partial charge in [-0.15, -0.1) is 0 Å². The summed E-state index contributed by atoms with van der Waals surface area (Å²) in [7, 11) is 0. The van der Waals surface area contributed by atoms with Gasteiger partial charge in [0.05, 0.1) is 12.2 Å². The van der Waals surface area contributed by atoms with Gasteiger partial charge in [0, 0.05) is 16.6 Å². The van der Waals surface area contributed by atoms with Crippen LogP contribution in [-0.2, 0) is 13.0 Å². The van der Waals surface area contributed by atoms with E-state index in [0.29, 0.717) is 11.7 Å². The molecule has 2 rings (SSSR count). The van der Waals surface area contributed by atoms with Crippen molar-refractivity contribution in [3.05, 3.63) is 44.9 Å². The van der Waals surface area contributed by atoms with Gasteiger partial charge in [0.2, 0.25) is 0 Å². The second-order valence-electron chi connectivity index (χ2n) is 4.87. The van der Waals surface area contributed by atoms with Crippen LogP contribution < -0.4 is 5.32 Å². The highest BCUT2D eigenvalue weighted by molar-refractivity contribution is 9.10. The van der Waals surface area contributed by atoms with E-state index in [1.54, 1.807) is 0 Å². The normalized spacial score (nSPS) is 10.8. The molecule has 0 bridgehead atoms. The number of H-pyrrole nitrogens is 1. The molecule has 2 aromatic rings. The molecule has 20 heavy (non-hydrogen) atoms. The van der Waals surface area contributed by atoms with Gasteiger partial charge in [-0.3, -0.25) is 0 Å². The fourth-order valence-corrected chi connectivity index (χ4v) is 2.56. The molecule has 1 aromatic carbocycles. The van der Waals surface area contributed by atoms with Gasteiger partial charge in [0.15, 0.2) is 5.15 Å². The minimum atomic E-state index is 0.566. The molecule has 0 amide bonds. The fourth-order valence-electron chi connectivity index (χ4n) is 1.99. The predicted octanol–water partition coefficient (Wildman–Crippen LogP) is 5.09. The Morgan fingerprint density at radius 3 is 2.95 bits per heavy atom. The molecule has 0 aliphatic heterocycles. The number of unbranched alkanes of at least 4 members (excludes halogenated alkanes) is 1. The lowest BCUT2D eigenvalue weighted by Crippen LogP contribution is -2.02. The van der Waals surface area contributed by atoms with E-state index >= 15 is 0 Å². The maximum atomic E-state index is 6.17. The van der Waals surface area contributed by atoms with E-state index in [0.717, 1.165) is 40.9 Å². The third kappa shape index (κ3) is 4.00. The molecule has 0 aliphatic rings. The summed E-state index contributed by atoms with van der Waals surface area (Å²) in [6.45, 7) is 4.90. The minimum Gasteiger partial charge on any atom is -0.379 e. The second kappa shape index (κ2) is 7.14. The standard InChI is InChI=1S/C15H19BrClN3/c1-3-4-5-14-19-13(15(17)20-14)9-18-12-8-11(16)7-6-10(12)2/h6-8,18H,3-5,9H2,1-2H3,(H,19,20). The molecule has 0 radical (unpaired) electrons. The number of aryl methyl sites for hydroxylation is 2. The summed E-state index contributed by atoms with van der Waals surface area (Å²) in [6.07, 6.45) is 3.23. The SMILES string of the molecule is CCCCc1nc(Cl)c(CNc2cc(Br)ccc2C)[nH]1. The van der Waals surface area contributed by atoms with Crippen molar-refractivity contribution < 1.29 is 0 Å². The van der Waals surface area contributed by atoms with Crippen molar-refractivity contribution in [2.75, 3.05) is 5.32 Å². The number of anilines is 1. The Kier molecular flexibility index (Phi) is 5.49. The minimum absolute atomic E-state index is 0.566. The molecule has 0 unspecified atom stereocenters. The smallest absolute Gasteiger partial charge is 0.152 e. The van der Waals surface area contributed by atoms with Crippen LogP contribution >= 0.6 is 27.5 Å². The number of rotatable bonds is 6. The molecule has 108 valence electrons. The van der Waals surface area contributed by atoms with Crippen molar-refractivity contribution >= 4 is 33.2 Å². The van der Waals surface area contributed by atoms with Gasteiger partial charge in [0.1, 0.15) is 5.82 Å². The molecule has 3 nitrogen and oxygen atoms in total. The topological polar surface area (TPSA) is 40.7 Å². The van der Waals surface area contributed by atoms with Crippen LogP contribution in [0.4, 0.5) is 5.69 Å². The lowest BCUT2D eigenvalue weighted by atomic mass is 10.2. The molecule has 1 aromatic heterocycles. The van der Waals surface area contributed by atoms with Gasteiger partial charge in [-0.1, -0.05) is 46.9 Å². The Hall–Kier alpha value is -1.00. The fraction of sp³-hybridized carbons (Fsp3) is 0.400. The first-order chi connectivity index (χ1) is 9.60. The Bertz CT molecular complexity index is 580. The summed E-state index contributed by atoms with van der Waals surface area (Å²) in [5.74, 6) is 0.972. The van der Waals surface area contributed by atoms with Gasteiger partial charge in [0.25, 0.3) is 0 Å². The average molecular weight is 357 g/mol. The van der Waals surface area contributed by atoms with Crippen molar-refractivity contribution in [2.24, 2.45) is 0 Å². The van der Waals surface area contributed by atoms with E-state index in [-0.39, 0.29) is 0 Å². The highest BCUT2D eigenvalue weighted by atomic mass is 79.9. The zero-order chi connectivity index (χ0) is 14.5. The van der Waals surface area contributed by atoms with Crippen LogP contribution in [0.25, 0.3) is 0 Å². The molecule has 0 aliphatic carbocycles. The van der Waals surface area contributed by atoms with E-state index < -0.39 is 0 Å². The molecule has 0 fully saturated rings. The second-order valence-corrected chi connectivity index (χ2v) is 6.14. The van der Waals surface area contributed by atoms with E-state index in [1.165, 1.54) is 5.56 Å². The van der Waals surface area contributed by atoms with Crippen molar-refractivity contribution in [3.63, 3.8) is 0 Å². The van der Waals surface area contributed by atoms with Crippen molar-refractivity contribution in [1.29, 1.82) is 0 Å². The number of imidazole rings is 1. The van der Waals surface area contributed by atoms with Crippen molar-refractivity contribution in [1.82, 2.24) is 9.97 Å². The molecular weight excluding hydrogens is 338 g/mol. The van der Waals surface area contributed by atoms with Gasteiger partial charge in [-0.25, -0.2) is 4.98 Å². The lowest BCUT2D eigenvalue weighted by Gasteiger charge is -2.09. The van der Waals surface area contributed by atoms with Crippen LogP contribution in [0.2, 0.25) is 5.15 Å². The van der Waals surface area contributed by atoms with E-state index in [4.69, 9.17) is 11.6 Å². The van der Waals surface area contributed by atoms with Gasteiger partial charge in [-0.2, -0.15) is 0 Å². The molecule has 0 saturated heterocycles. The maximum absolute atomic E-state index is 6.17.